The summed E-state index contributed by atoms with van der Waals surface area (Å²) in [7, 11) is 0. The number of aliphatic hydroxyl groups is 1. The van der Waals surface area contributed by atoms with E-state index < -0.39 is 0 Å². The third-order valence-corrected chi connectivity index (χ3v) is 3.96. The molecule has 3 aromatic rings. The van der Waals surface area contributed by atoms with Crippen LogP contribution in [0.1, 0.15) is 12.5 Å². The predicted molar refractivity (Wildman–Crippen MR) is 102 cm³/mol. The fourth-order valence-corrected chi connectivity index (χ4v) is 2.85. The van der Waals surface area contributed by atoms with Crippen molar-refractivity contribution in [3.8, 4) is 17.3 Å². The topological polar surface area (TPSA) is 84.1 Å². The van der Waals surface area contributed by atoms with Crippen molar-refractivity contribution in [3.63, 3.8) is 0 Å². The first-order valence-corrected chi connectivity index (χ1v) is 8.38. The average molecular weight is 352 g/mol. The molecule has 0 aliphatic rings. The Balaban J connectivity index is 2.35. The molecule has 0 fully saturated rings. The lowest BCUT2D eigenvalue weighted by Crippen LogP contribution is -2.21. The maximum atomic E-state index is 13.1. The minimum Gasteiger partial charge on any atom is -0.494 e. The molecular formula is C20H20N2O4. The summed E-state index contributed by atoms with van der Waals surface area (Å²) in [5.41, 5.74) is 0.531. The molecule has 2 N–H and O–H groups in total. The summed E-state index contributed by atoms with van der Waals surface area (Å²) in [6, 6.07) is 14.1. The molecule has 0 saturated heterocycles. The van der Waals surface area contributed by atoms with Crippen LogP contribution in [0, 0.1) is 0 Å². The van der Waals surface area contributed by atoms with Gasteiger partial charge >= 0.3 is 0 Å². The zero-order chi connectivity index (χ0) is 18.5. The zero-order valence-electron chi connectivity index (χ0n) is 14.4. The highest BCUT2D eigenvalue weighted by Crippen LogP contribution is 2.30. The zero-order valence-corrected chi connectivity index (χ0v) is 14.4. The first-order chi connectivity index (χ1) is 12.7. The number of hydrogen-bond acceptors (Lipinski definition) is 5. The van der Waals surface area contributed by atoms with Crippen LogP contribution in [0.15, 0.2) is 58.3 Å². The van der Waals surface area contributed by atoms with Crippen LogP contribution in [-0.2, 0) is 0 Å². The standard InChI is InChI=1S/C20H20N2O4/c1-2-26-18-10-6-5-9-17(18)22-19(24)15-8-4-3-7-14(15)16(20(22)25)13-21-11-12-23/h3-10,13,23,25H,2,11-12H2,1H3. The summed E-state index contributed by atoms with van der Waals surface area (Å²) >= 11 is 0. The van der Waals surface area contributed by atoms with Gasteiger partial charge in [-0.25, -0.2) is 4.57 Å². The normalized spacial score (nSPS) is 11.3. The van der Waals surface area contributed by atoms with E-state index in [2.05, 4.69) is 4.99 Å². The second kappa shape index (κ2) is 7.84. The van der Waals surface area contributed by atoms with Gasteiger partial charge in [-0.2, -0.15) is 0 Å². The number of benzene rings is 2. The molecular weight excluding hydrogens is 332 g/mol. The van der Waals surface area contributed by atoms with Gasteiger partial charge in [0, 0.05) is 17.0 Å². The Hall–Kier alpha value is -3.12. The van der Waals surface area contributed by atoms with Crippen LogP contribution in [-0.4, -0.2) is 40.8 Å². The lowest BCUT2D eigenvalue weighted by Gasteiger charge is -2.16. The molecule has 1 heterocycles. The number of rotatable bonds is 6. The van der Waals surface area contributed by atoms with Crippen molar-refractivity contribution >= 4 is 17.0 Å². The quantitative estimate of drug-likeness (QED) is 0.668. The largest absolute Gasteiger partial charge is 0.494 e. The Morgan fingerprint density at radius 1 is 1.12 bits per heavy atom. The van der Waals surface area contributed by atoms with Gasteiger partial charge in [-0.15, -0.1) is 0 Å². The average Bonchev–Trinajstić information content (AvgIpc) is 2.66. The molecule has 1 aromatic heterocycles. The second-order valence-corrected chi connectivity index (χ2v) is 5.58. The fourth-order valence-electron chi connectivity index (χ4n) is 2.85. The minimum atomic E-state index is -0.343. The van der Waals surface area contributed by atoms with Crippen LogP contribution < -0.4 is 10.3 Å². The van der Waals surface area contributed by atoms with Gasteiger partial charge in [0.2, 0.25) is 5.88 Å². The summed E-state index contributed by atoms with van der Waals surface area (Å²) < 4.78 is 6.84. The van der Waals surface area contributed by atoms with Gasteiger partial charge in [0.15, 0.2) is 0 Å². The van der Waals surface area contributed by atoms with Crippen LogP contribution >= 0.6 is 0 Å². The SMILES string of the molecule is CCOc1ccccc1-n1c(O)c(C=NCCO)c2ccccc2c1=O. The number of nitrogens with zero attached hydrogens (tertiary/aromatic N) is 2. The number of aromatic hydroxyl groups is 1. The molecule has 0 saturated carbocycles. The molecule has 6 heteroatoms. The van der Waals surface area contributed by atoms with Crippen molar-refractivity contribution in [2.45, 2.75) is 6.92 Å². The maximum absolute atomic E-state index is 13.1. The first kappa shape index (κ1) is 17.7. The van der Waals surface area contributed by atoms with E-state index in [9.17, 15) is 9.90 Å². The molecule has 0 aliphatic carbocycles. The van der Waals surface area contributed by atoms with Crippen LogP contribution in [0.2, 0.25) is 0 Å². The molecule has 6 nitrogen and oxygen atoms in total. The van der Waals surface area contributed by atoms with Crippen molar-refractivity contribution in [1.82, 2.24) is 4.57 Å². The van der Waals surface area contributed by atoms with Gasteiger partial charge in [-0.3, -0.25) is 9.79 Å². The van der Waals surface area contributed by atoms with Crippen LogP contribution in [0.25, 0.3) is 16.5 Å². The van der Waals surface area contributed by atoms with Crippen LogP contribution in [0.5, 0.6) is 11.6 Å². The Bertz CT molecular complexity index is 1010. The van der Waals surface area contributed by atoms with E-state index in [0.29, 0.717) is 34.4 Å². The number of aromatic nitrogens is 1. The monoisotopic (exact) mass is 352 g/mol. The number of aliphatic imine (C=N–C) groups is 1. The number of hydrogen-bond donors (Lipinski definition) is 2. The van der Waals surface area contributed by atoms with Gasteiger partial charge in [0.05, 0.1) is 31.0 Å². The summed E-state index contributed by atoms with van der Waals surface area (Å²) in [4.78, 5) is 17.2. The Kier molecular flexibility index (Phi) is 5.34. The van der Waals surface area contributed by atoms with Crippen molar-refractivity contribution in [3.05, 3.63) is 64.4 Å². The summed E-state index contributed by atoms with van der Waals surface area (Å²) in [6.45, 7) is 2.40. The number of ether oxygens (including phenoxy) is 1. The van der Waals surface area contributed by atoms with E-state index in [4.69, 9.17) is 9.84 Å². The van der Waals surface area contributed by atoms with Gasteiger partial charge in [-0.05, 0) is 25.1 Å². The molecule has 2 aromatic carbocycles. The second-order valence-electron chi connectivity index (χ2n) is 5.58. The smallest absolute Gasteiger partial charge is 0.265 e. The van der Waals surface area contributed by atoms with Gasteiger partial charge in [0.1, 0.15) is 5.75 Å². The molecule has 0 aliphatic heterocycles. The van der Waals surface area contributed by atoms with E-state index in [1.54, 1.807) is 48.5 Å². The minimum absolute atomic E-state index is 0.0952. The number of aliphatic hydroxyl groups excluding tert-OH is 1. The van der Waals surface area contributed by atoms with E-state index in [1.807, 2.05) is 6.92 Å². The molecule has 26 heavy (non-hydrogen) atoms. The molecule has 0 radical (unpaired) electrons. The fraction of sp³-hybridized carbons (Fsp3) is 0.200. The van der Waals surface area contributed by atoms with Crippen molar-refractivity contribution in [2.24, 2.45) is 4.99 Å². The third-order valence-electron chi connectivity index (χ3n) is 3.96. The van der Waals surface area contributed by atoms with Crippen molar-refractivity contribution < 1.29 is 14.9 Å². The number of fused-ring (bicyclic) bond motifs is 1. The molecule has 134 valence electrons. The molecule has 0 spiro atoms. The van der Waals surface area contributed by atoms with Crippen LogP contribution in [0.4, 0.5) is 0 Å². The molecule has 0 amide bonds. The van der Waals surface area contributed by atoms with E-state index in [0.717, 1.165) is 0 Å². The Morgan fingerprint density at radius 2 is 1.81 bits per heavy atom. The summed E-state index contributed by atoms with van der Waals surface area (Å²) in [5, 5.41) is 20.9. The van der Waals surface area contributed by atoms with Crippen molar-refractivity contribution in [1.29, 1.82) is 0 Å². The third kappa shape index (κ3) is 3.19. The molecule has 3 rings (SSSR count). The maximum Gasteiger partial charge on any atom is 0.265 e. The van der Waals surface area contributed by atoms with Gasteiger partial charge in [0.25, 0.3) is 5.56 Å². The van der Waals surface area contributed by atoms with Gasteiger partial charge in [-0.1, -0.05) is 30.3 Å². The molecule has 0 unspecified atom stereocenters. The lowest BCUT2D eigenvalue weighted by atomic mass is 10.1. The Labute approximate surface area is 150 Å². The first-order valence-electron chi connectivity index (χ1n) is 8.38. The summed E-state index contributed by atoms with van der Waals surface area (Å²) in [5.74, 6) is 0.281. The van der Waals surface area contributed by atoms with E-state index >= 15 is 0 Å². The molecule has 0 bridgehead atoms. The highest BCUT2D eigenvalue weighted by Gasteiger charge is 2.18. The number of para-hydroxylation sites is 2. The highest BCUT2D eigenvalue weighted by atomic mass is 16.5. The number of pyridine rings is 1. The summed E-state index contributed by atoms with van der Waals surface area (Å²) in [6.07, 6.45) is 1.48. The van der Waals surface area contributed by atoms with Crippen molar-refractivity contribution in [2.75, 3.05) is 19.8 Å². The van der Waals surface area contributed by atoms with Gasteiger partial charge < -0.3 is 14.9 Å². The van der Waals surface area contributed by atoms with Crippen LogP contribution in [0.3, 0.4) is 0 Å². The van der Waals surface area contributed by atoms with E-state index in [1.165, 1.54) is 10.8 Å². The predicted octanol–water partition coefficient (Wildman–Crippen LogP) is 2.51. The van der Waals surface area contributed by atoms with E-state index in [-0.39, 0.29) is 24.6 Å². The molecule has 0 atom stereocenters. The highest BCUT2D eigenvalue weighted by molar-refractivity contribution is 6.01. The lowest BCUT2D eigenvalue weighted by molar-refractivity contribution is 0.307. The Morgan fingerprint density at radius 3 is 2.54 bits per heavy atom.